The second kappa shape index (κ2) is 8.64. The molecule has 0 atom stereocenters. The predicted molar refractivity (Wildman–Crippen MR) is 127 cm³/mol. The van der Waals surface area contributed by atoms with Gasteiger partial charge in [0.15, 0.2) is 11.5 Å². The van der Waals surface area contributed by atoms with Crippen molar-refractivity contribution in [3.63, 3.8) is 0 Å². The average Bonchev–Trinajstić information content (AvgIpc) is 3.34. The Bertz CT molecular complexity index is 1630. The molecule has 0 fully saturated rings. The number of rotatable bonds is 5. The first kappa shape index (κ1) is 21.7. The van der Waals surface area contributed by atoms with Crippen molar-refractivity contribution in [2.24, 2.45) is 4.99 Å². The number of nitrogens with zero attached hydrogens (tertiary/aromatic N) is 4. The van der Waals surface area contributed by atoms with Crippen LogP contribution in [0.3, 0.4) is 0 Å². The van der Waals surface area contributed by atoms with Gasteiger partial charge in [-0.05, 0) is 29.8 Å². The highest BCUT2D eigenvalue weighted by atomic mass is 16.7. The molecule has 0 aliphatic carbocycles. The largest absolute Gasteiger partial charge is 0.494 e. The maximum absolute atomic E-state index is 13.2. The van der Waals surface area contributed by atoms with Gasteiger partial charge >= 0.3 is 0 Å². The molecule has 0 saturated carbocycles. The summed E-state index contributed by atoms with van der Waals surface area (Å²) in [6.45, 7) is 0.182. The monoisotopic (exact) mass is 468 g/mol. The van der Waals surface area contributed by atoms with Gasteiger partial charge in [-0.2, -0.15) is 5.26 Å². The van der Waals surface area contributed by atoms with Crippen LogP contribution in [-0.2, 0) is 6.54 Å². The van der Waals surface area contributed by atoms with Crippen LogP contribution in [-0.4, -0.2) is 27.6 Å². The summed E-state index contributed by atoms with van der Waals surface area (Å²) >= 11 is 0. The summed E-state index contributed by atoms with van der Waals surface area (Å²) < 4.78 is 11.9. The quantitative estimate of drug-likeness (QED) is 0.265. The van der Waals surface area contributed by atoms with Gasteiger partial charge in [0.05, 0.1) is 28.3 Å². The number of aromatic hydroxyl groups is 1. The van der Waals surface area contributed by atoms with E-state index in [2.05, 4.69) is 4.99 Å². The van der Waals surface area contributed by atoms with E-state index in [0.29, 0.717) is 27.8 Å². The Balaban J connectivity index is 1.61. The maximum atomic E-state index is 13.2. The molecule has 0 unspecified atom stereocenters. The van der Waals surface area contributed by atoms with Gasteiger partial charge < -0.3 is 14.6 Å². The number of aliphatic imine (C=N–C) groups is 1. The van der Waals surface area contributed by atoms with Gasteiger partial charge in [-0.1, -0.05) is 24.3 Å². The van der Waals surface area contributed by atoms with E-state index in [1.807, 2.05) is 6.07 Å². The fraction of sp³-hybridized carbons (Fsp3) is 0.0800. The number of nitro benzene ring substituents is 1. The third-order valence-electron chi connectivity index (χ3n) is 5.61. The fourth-order valence-corrected chi connectivity index (χ4v) is 3.88. The van der Waals surface area contributed by atoms with Crippen LogP contribution in [0.4, 0.5) is 11.4 Å². The molecule has 35 heavy (non-hydrogen) atoms. The first-order valence-corrected chi connectivity index (χ1v) is 10.4. The lowest BCUT2D eigenvalue weighted by atomic mass is 10.1. The van der Waals surface area contributed by atoms with Crippen LogP contribution >= 0.6 is 0 Å². The Morgan fingerprint density at radius 1 is 1.11 bits per heavy atom. The van der Waals surface area contributed by atoms with Crippen LogP contribution < -0.4 is 15.0 Å². The van der Waals surface area contributed by atoms with Crippen LogP contribution in [0.15, 0.2) is 70.5 Å². The number of nitriles is 1. The van der Waals surface area contributed by atoms with Crippen molar-refractivity contribution in [3.05, 3.63) is 97.8 Å². The van der Waals surface area contributed by atoms with Gasteiger partial charge in [-0.15, -0.1) is 0 Å². The van der Waals surface area contributed by atoms with Gasteiger partial charge in [0.2, 0.25) is 12.7 Å². The summed E-state index contributed by atoms with van der Waals surface area (Å²) in [6.07, 6.45) is 1.34. The summed E-state index contributed by atoms with van der Waals surface area (Å²) in [4.78, 5) is 27.9. The Morgan fingerprint density at radius 2 is 1.89 bits per heavy atom. The van der Waals surface area contributed by atoms with Crippen molar-refractivity contribution >= 4 is 28.4 Å². The summed E-state index contributed by atoms with van der Waals surface area (Å²) in [5.41, 5.74) is 0.560. The molecular formula is C25H16N4O6. The zero-order valence-corrected chi connectivity index (χ0v) is 18.0. The summed E-state index contributed by atoms with van der Waals surface area (Å²) in [5, 5.41) is 32.4. The molecule has 172 valence electrons. The highest BCUT2D eigenvalue weighted by molar-refractivity contribution is 6.02. The number of ether oxygens (including phenoxy) is 2. The Labute approximate surface area is 197 Å². The van der Waals surface area contributed by atoms with Gasteiger partial charge in [0, 0.05) is 29.1 Å². The highest BCUT2D eigenvalue weighted by Gasteiger charge is 2.18. The average molecular weight is 468 g/mol. The van der Waals surface area contributed by atoms with Crippen molar-refractivity contribution < 1.29 is 19.5 Å². The first-order chi connectivity index (χ1) is 17.0. The van der Waals surface area contributed by atoms with Crippen molar-refractivity contribution in [1.29, 1.82) is 5.26 Å². The molecular weight excluding hydrogens is 452 g/mol. The number of hydrogen-bond donors (Lipinski definition) is 1. The Hall–Kier alpha value is -5.17. The molecule has 0 spiro atoms. The van der Waals surface area contributed by atoms with Gasteiger partial charge in [-0.3, -0.25) is 24.5 Å². The van der Waals surface area contributed by atoms with Crippen LogP contribution in [0.5, 0.6) is 17.4 Å². The van der Waals surface area contributed by atoms with Crippen LogP contribution in [0.25, 0.3) is 10.8 Å². The second-order valence-corrected chi connectivity index (χ2v) is 7.69. The van der Waals surface area contributed by atoms with Crippen molar-refractivity contribution in [2.45, 2.75) is 6.54 Å². The van der Waals surface area contributed by atoms with E-state index in [-0.39, 0.29) is 47.3 Å². The minimum atomic E-state index is -0.598. The molecule has 1 aliphatic heterocycles. The third kappa shape index (κ3) is 3.91. The molecule has 1 N–H and O–H groups in total. The van der Waals surface area contributed by atoms with Crippen LogP contribution in [0.2, 0.25) is 0 Å². The molecule has 0 bridgehead atoms. The minimum absolute atomic E-state index is 0.00734. The van der Waals surface area contributed by atoms with Crippen molar-refractivity contribution in [2.75, 3.05) is 6.79 Å². The van der Waals surface area contributed by atoms with E-state index < -0.39 is 4.92 Å². The van der Waals surface area contributed by atoms with E-state index >= 15 is 0 Å². The molecule has 10 nitrogen and oxygen atoms in total. The van der Waals surface area contributed by atoms with Gasteiger partial charge in [0.1, 0.15) is 6.07 Å². The fourth-order valence-electron chi connectivity index (χ4n) is 3.88. The second-order valence-electron chi connectivity index (χ2n) is 7.69. The zero-order chi connectivity index (χ0) is 24.5. The molecule has 0 radical (unpaired) electrons. The normalized spacial score (nSPS) is 12.2. The number of benzene rings is 3. The van der Waals surface area contributed by atoms with Gasteiger partial charge in [0.25, 0.3) is 11.2 Å². The molecule has 4 aromatic rings. The molecule has 10 heteroatoms. The third-order valence-corrected chi connectivity index (χ3v) is 5.61. The Kier molecular flexibility index (Phi) is 5.35. The SMILES string of the molecule is N#Cc1cc([N+](=O)[O-])ccc1N=Cc1c(O)n(Cc2ccc3c(c2)OCO3)c(=O)c2ccccc12. The van der Waals surface area contributed by atoms with Crippen molar-refractivity contribution in [1.82, 2.24) is 4.57 Å². The predicted octanol–water partition coefficient (Wildman–Crippen LogP) is 4.01. The smallest absolute Gasteiger partial charge is 0.270 e. The number of nitro groups is 1. The number of non-ortho nitro benzene ring substituents is 1. The highest BCUT2D eigenvalue weighted by Crippen LogP contribution is 2.33. The minimum Gasteiger partial charge on any atom is -0.494 e. The lowest BCUT2D eigenvalue weighted by molar-refractivity contribution is -0.384. The van der Waals surface area contributed by atoms with E-state index in [0.717, 1.165) is 6.07 Å². The molecule has 2 heterocycles. The van der Waals surface area contributed by atoms with Crippen LogP contribution in [0.1, 0.15) is 16.7 Å². The Morgan fingerprint density at radius 3 is 2.66 bits per heavy atom. The molecule has 0 saturated heterocycles. The number of pyridine rings is 1. The van der Waals surface area contributed by atoms with E-state index in [1.54, 1.807) is 42.5 Å². The molecule has 1 aliphatic rings. The van der Waals surface area contributed by atoms with Gasteiger partial charge in [-0.25, -0.2) is 0 Å². The van der Waals surface area contributed by atoms with E-state index in [4.69, 9.17) is 9.47 Å². The number of fused-ring (bicyclic) bond motifs is 2. The molecule has 5 rings (SSSR count). The molecule has 0 amide bonds. The summed E-state index contributed by atoms with van der Waals surface area (Å²) in [5.74, 6) is 0.850. The summed E-state index contributed by atoms with van der Waals surface area (Å²) in [7, 11) is 0. The summed E-state index contributed by atoms with van der Waals surface area (Å²) in [6, 6.07) is 17.7. The standard InChI is InChI=1S/C25H16N4O6/c26-11-16-10-17(29(32)33)6-7-21(16)27-12-20-18-3-1-2-4-19(18)24(30)28(25(20)31)13-15-5-8-22-23(9-15)35-14-34-22/h1-10,12,31H,13-14H2. The van der Waals surface area contributed by atoms with E-state index in [1.165, 1.54) is 22.9 Å². The molecule has 3 aromatic carbocycles. The van der Waals surface area contributed by atoms with Crippen LogP contribution in [0, 0.1) is 21.4 Å². The topological polar surface area (TPSA) is 140 Å². The maximum Gasteiger partial charge on any atom is 0.270 e. The zero-order valence-electron chi connectivity index (χ0n) is 18.0. The van der Waals surface area contributed by atoms with Crippen molar-refractivity contribution in [3.8, 4) is 23.4 Å². The lowest BCUT2D eigenvalue weighted by Crippen LogP contribution is -2.22. The first-order valence-electron chi connectivity index (χ1n) is 10.4. The number of aromatic nitrogens is 1. The lowest BCUT2D eigenvalue weighted by Gasteiger charge is -2.14. The van der Waals surface area contributed by atoms with E-state index in [9.17, 15) is 25.3 Å². The molecule has 1 aromatic heterocycles. The number of hydrogen-bond acceptors (Lipinski definition) is 8.